The molecule has 0 fully saturated rings. The second kappa shape index (κ2) is 12.5. The van der Waals surface area contributed by atoms with E-state index in [1.807, 2.05) is 0 Å². The monoisotopic (exact) mass is 354 g/mol. The summed E-state index contributed by atoms with van der Waals surface area (Å²) in [5, 5.41) is 11.3. The van der Waals surface area contributed by atoms with Crippen LogP contribution in [-0.4, -0.2) is 11.1 Å². The van der Waals surface area contributed by atoms with Gasteiger partial charge in [-0.25, -0.2) is 0 Å². The van der Waals surface area contributed by atoms with Gasteiger partial charge in [-0.15, -0.1) is 0 Å². The maximum Gasteiger partial charge on any atom is 0.303 e. The Morgan fingerprint density at radius 1 is 0.654 bits per heavy atom. The first-order valence-electron chi connectivity index (χ1n) is 10.5. The molecule has 2 aromatic rings. The topological polar surface area (TPSA) is 37.3 Å². The Morgan fingerprint density at radius 3 is 1.81 bits per heavy atom. The van der Waals surface area contributed by atoms with Crippen LogP contribution >= 0.6 is 0 Å². The first-order chi connectivity index (χ1) is 12.8. The SMILES string of the molecule is O=C(O)CCCCCCCCCCCCCc1ccc2ccccc2c1. The zero-order valence-electron chi connectivity index (χ0n) is 16.1. The van der Waals surface area contributed by atoms with Crippen LogP contribution in [-0.2, 0) is 11.2 Å². The standard InChI is InChI=1S/C24H34O2/c25-24(26)17-11-9-7-5-3-1-2-4-6-8-10-14-21-18-19-22-15-12-13-16-23(22)20-21/h12-13,15-16,18-20H,1-11,14,17H2,(H,25,26). The van der Waals surface area contributed by atoms with Gasteiger partial charge in [-0.2, -0.15) is 0 Å². The Bertz CT molecular complexity index is 647. The lowest BCUT2D eigenvalue weighted by molar-refractivity contribution is -0.137. The van der Waals surface area contributed by atoms with Crippen molar-refractivity contribution in [1.82, 2.24) is 0 Å². The van der Waals surface area contributed by atoms with Gasteiger partial charge in [0.1, 0.15) is 0 Å². The predicted octanol–water partition coefficient (Wildman–Crippen LogP) is 7.15. The fourth-order valence-electron chi connectivity index (χ4n) is 3.59. The molecule has 2 aromatic carbocycles. The molecule has 0 aliphatic carbocycles. The minimum absolute atomic E-state index is 0.333. The summed E-state index contributed by atoms with van der Waals surface area (Å²) < 4.78 is 0. The number of carboxylic acids is 1. The number of carbonyl (C=O) groups is 1. The molecule has 0 heterocycles. The highest BCUT2D eigenvalue weighted by molar-refractivity contribution is 5.82. The highest BCUT2D eigenvalue weighted by Gasteiger charge is 1.98. The number of unbranched alkanes of at least 4 members (excludes halogenated alkanes) is 10. The van der Waals surface area contributed by atoms with E-state index in [1.54, 1.807) is 0 Å². The van der Waals surface area contributed by atoms with Gasteiger partial charge in [0.2, 0.25) is 0 Å². The molecule has 0 bridgehead atoms. The van der Waals surface area contributed by atoms with Crippen molar-refractivity contribution >= 4 is 16.7 Å². The smallest absolute Gasteiger partial charge is 0.303 e. The van der Waals surface area contributed by atoms with Crippen LogP contribution in [0.1, 0.15) is 82.6 Å². The average Bonchev–Trinajstić information content (AvgIpc) is 2.65. The van der Waals surface area contributed by atoms with Gasteiger partial charge in [0.05, 0.1) is 0 Å². The second-order valence-corrected chi connectivity index (χ2v) is 7.46. The lowest BCUT2D eigenvalue weighted by Crippen LogP contribution is -1.93. The Hall–Kier alpha value is -1.83. The molecule has 0 atom stereocenters. The summed E-state index contributed by atoms with van der Waals surface area (Å²) in [4.78, 5) is 10.4. The van der Waals surface area contributed by atoms with Gasteiger partial charge in [-0.1, -0.05) is 100 Å². The van der Waals surface area contributed by atoms with Crippen LogP contribution in [0.3, 0.4) is 0 Å². The molecule has 2 rings (SSSR count). The number of aliphatic carboxylic acids is 1. The normalized spacial score (nSPS) is 11.1. The zero-order valence-corrected chi connectivity index (χ0v) is 16.1. The third kappa shape index (κ3) is 8.51. The van der Waals surface area contributed by atoms with Crippen molar-refractivity contribution in [1.29, 1.82) is 0 Å². The van der Waals surface area contributed by atoms with Crippen molar-refractivity contribution in [2.45, 2.75) is 83.5 Å². The predicted molar refractivity (Wildman–Crippen MR) is 111 cm³/mol. The Morgan fingerprint density at radius 2 is 1.19 bits per heavy atom. The molecule has 2 nitrogen and oxygen atoms in total. The van der Waals surface area contributed by atoms with Crippen LogP contribution in [0.5, 0.6) is 0 Å². The quantitative estimate of drug-likeness (QED) is 0.366. The van der Waals surface area contributed by atoms with E-state index in [0.29, 0.717) is 6.42 Å². The molecule has 0 amide bonds. The van der Waals surface area contributed by atoms with E-state index in [9.17, 15) is 4.79 Å². The maximum atomic E-state index is 10.4. The minimum Gasteiger partial charge on any atom is -0.481 e. The van der Waals surface area contributed by atoms with Crippen LogP contribution in [0, 0.1) is 0 Å². The maximum absolute atomic E-state index is 10.4. The molecule has 1 N–H and O–H groups in total. The molecule has 0 aromatic heterocycles. The number of hydrogen-bond acceptors (Lipinski definition) is 1. The zero-order chi connectivity index (χ0) is 18.5. The molecule has 0 saturated carbocycles. The summed E-state index contributed by atoms with van der Waals surface area (Å²) in [5.74, 6) is -0.661. The van der Waals surface area contributed by atoms with Gasteiger partial charge in [0.15, 0.2) is 0 Å². The lowest BCUT2D eigenvalue weighted by Gasteiger charge is -2.05. The molecule has 0 aliphatic heterocycles. The first-order valence-corrected chi connectivity index (χ1v) is 10.5. The number of carboxylic acid groups (broad SMARTS) is 1. The molecule has 0 aliphatic rings. The number of aryl methyl sites for hydroxylation is 1. The molecule has 0 spiro atoms. The Labute approximate surface area is 158 Å². The van der Waals surface area contributed by atoms with E-state index in [1.165, 1.54) is 80.5 Å². The van der Waals surface area contributed by atoms with E-state index < -0.39 is 5.97 Å². The van der Waals surface area contributed by atoms with Crippen LogP contribution in [0.15, 0.2) is 42.5 Å². The molecule has 142 valence electrons. The largest absolute Gasteiger partial charge is 0.481 e. The van der Waals surface area contributed by atoms with Crippen molar-refractivity contribution in [2.24, 2.45) is 0 Å². The minimum atomic E-state index is -0.661. The van der Waals surface area contributed by atoms with E-state index in [0.717, 1.165) is 12.8 Å². The first kappa shape index (κ1) is 20.5. The summed E-state index contributed by atoms with van der Waals surface area (Å²) in [5.41, 5.74) is 1.46. The van der Waals surface area contributed by atoms with Crippen molar-refractivity contribution < 1.29 is 9.90 Å². The van der Waals surface area contributed by atoms with Gasteiger partial charge >= 0.3 is 5.97 Å². The molecule has 0 unspecified atom stereocenters. The van der Waals surface area contributed by atoms with Crippen LogP contribution in [0.25, 0.3) is 10.8 Å². The summed E-state index contributed by atoms with van der Waals surface area (Å²) >= 11 is 0. The van der Waals surface area contributed by atoms with E-state index in [-0.39, 0.29) is 0 Å². The molecular weight excluding hydrogens is 320 g/mol. The Kier molecular flexibility index (Phi) is 9.86. The summed E-state index contributed by atoms with van der Waals surface area (Å²) in [6, 6.07) is 15.4. The van der Waals surface area contributed by atoms with Crippen molar-refractivity contribution in [3.63, 3.8) is 0 Å². The lowest BCUT2D eigenvalue weighted by atomic mass is 10.0. The van der Waals surface area contributed by atoms with E-state index >= 15 is 0 Å². The van der Waals surface area contributed by atoms with Crippen LogP contribution in [0.2, 0.25) is 0 Å². The van der Waals surface area contributed by atoms with Crippen LogP contribution in [0.4, 0.5) is 0 Å². The van der Waals surface area contributed by atoms with Crippen molar-refractivity contribution in [2.75, 3.05) is 0 Å². The molecule has 0 radical (unpaired) electrons. The van der Waals surface area contributed by atoms with Gasteiger partial charge in [0, 0.05) is 6.42 Å². The fourth-order valence-corrected chi connectivity index (χ4v) is 3.59. The Balaban J connectivity index is 1.41. The molecule has 0 saturated heterocycles. The molecule has 26 heavy (non-hydrogen) atoms. The van der Waals surface area contributed by atoms with Gasteiger partial charge < -0.3 is 5.11 Å². The number of rotatable bonds is 14. The average molecular weight is 355 g/mol. The van der Waals surface area contributed by atoms with Gasteiger partial charge in [0.25, 0.3) is 0 Å². The van der Waals surface area contributed by atoms with E-state index in [4.69, 9.17) is 5.11 Å². The van der Waals surface area contributed by atoms with Gasteiger partial charge in [-0.05, 0) is 35.6 Å². The number of fused-ring (bicyclic) bond motifs is 1. The highest BCUT2D eigenvalue weighted by atomic mass is 16.4. The third-order valence-electron chi connectivity index (χ3n) is 5.17. The van der Waals surface area contributed by atoms with Crippen LogP contribution < -0.4 is 0 Å². The van der Waals surface area contributed by atoms with E-state index in [2.05, 4.69) is 42.5 Å². The fraction of sp³-hybridized carbons (Fsp3) is 0.542. The highest BCUT2D eigenvalue weighted by Crippen LogP contribution is 2.18. The summed E-state index contributed by atoms with van der Waals surface area (Å²) in [7, 11) is 0. The van der Waals surface area contributed by atoms with Crippen molar-refractivity contribution in [3.05, 3.63) is 48.0 Å². The second-order valence-electron chi connectivity index (χ2n) is 7.46. The number of benzene rings is 2. The number of hydrogen-bond donors (Lipinski definition) is 1. The molecule has 2 heteroatoms. The van der Waals surface area contributed by atoms with Crippen molar-refractivity contribution in [3.8, 4) is 0 Å². The summed E-state index contributed by atoms with van der Waals surface area (Å²) in [6.45, 7) is 0. The van der Waals surface area contributed by atoms with Gasteiger partial charge in [-0.3, -0.25) is 4.79 Å². The summed E-state index contributed by atoms with van der Waals surface area (Å²) in [6.07, 6.45) is 15.2. The molecular formula is C24H34O2. The third-order valence-corrected chi connectivity index (χ3v) is 5.17.